The van der Waals surface area contributed by atoms with Crippen LogP contribution < -0.4 is 10.2 Å². The fourth-order valence-corrected chi connectivity index (χ4v) is 4.55. The van der Waals surface area contributed by atoms with E-state index in [4.69, 9.17) is 0 Å². The quantitative estimate of drug-likeness (QED) is 0.109. The Hall–Kier alpha value is -3.36. The lowest BCUT2D eigenvalue weighted by molar-refractivity contribution is 0.426. The van der Waals surface area contributed by atoms with Crippen LogP contribution in [0.4, 0.5) is 10.1 Å². The number of allylic oxidation sites excluding steroid dienone is 6. The number of halogens is 1. The summed E-state index contributed by atoms with van der Waals surface area (Å²) in [5.74, 6) is 0.0958. The van der Waals surface area contributed by atoms with Gasteiger partial charge in [0.2, 0.25) is 0 Å². The van der Waals surface area contributed by atoms with E-state index in [1.54, 1.807) is 12.3 Å². The lowest BCUT2D eigenvalue weighted by Crippen LogP contribution is -2.23. The first kappa shape index (κ1) is 30.9. The molecule has 0 saturated heterocycles. The van der Waals surface area contributed by atoms with Gasteiger partial charge in [-0.3, -0.25) is 4.99 Å². The molecule has 0 saturated carbocycles. The van der Waals surface area contributed by atoms with E-state index in [2.05, 4.69) is 84.0 Å². The van der Waals surface area contributed by atoms with Crippen molar-refractivity contribution in [3.05, 3.63) is 107 Å². The maximum absolute atomic E-state index is 16.0. The van der Waals surface area contributed by atoms with Crippen molar-refractivity contribution >= 4 is 11.9 Å². The third kappa shape index (κ3) is 10.2. The second-order valence-corrected chi connectivity index (χ2v) is 9.80. The smallest absolute Gasteiger partial charge is 0.180 e. The third-order valence-electron chi connectivity index (χ3n) is 6.61. The molecule has 0 aromatic heterocycles. The standard InChI is InChI=1S/C34H46FN3/c1-7-15-29(20-19-27(5)6)26-37-32(16-8-2)33(35)34(36-10-4)30(9-3)22-21-28-17-14-18-31(25-28)38-23-12-11-13-24-38/h8-14,17-18,23,25,29,37H,5,7,15,19-22,24,26H2,1-4,6H3/b30-9-,34-33+,36-10-. The number of hydrogen-bond acceptors (Lipinski definition) is 3. The Balaban J connectivity index is 2.22. The number of benzene rings is 1. The third-order valence-corrected chi connectivity index (χ3v) is 6.61. The van der Waals surface area contributed by atoms with Gasteiger partial charge >= 0.3 is 0 Å². The van der Waals surface area contributed by atoms with Gasteiger partial charge in [0.05, 0.1) is 0 Å². The van der Waals surface area contributed by atoms with Crippen LogP contribution in [0, 0.1) is 5.92 Å². The first-order valence-electron chi connectivity index (χ1n) is 14.0. The van der Waals surface area contributed by atoms with E-state index in [1.165, 1.54) is 11.1 Å². The SMILES string of the molecule is C=C(C)CCC(CCC)CNC(=C=CC)/C(F)=C(\N=C/C)C(=C\C)/CCc1cccc(N2C=CC=CC2)c1. The van der Waals surface area contributed by atoms with Crippen molar-refractivity contribution in [2.75, 3.05) is 18.0 Å². The van der Waals surface area contributed by atoms with Gasteiger partial charge in [-0.15, -0.1) is 6.58 Å². The van der Waals surface area contributed by atoms with E-state index in [0.29, 0.717) is 30.3 Å². The van der Waals surface area contributed by atoms with Crippen LogP contribution in [0.25, 0.3) is 0 Å². The molecular weight excluding hydrogens is 469 g/mol. The molecule has 1 unspecified atom stereocenters. The largest absolute Gasteiger partial charge is 0.376 e. The molecule has 3 nitrogen and oxygen atoms in total. The maximum atomic E-state index is 16.0. The minimum Gasteiger partial charge on any atom is -0.376 e. The highest BCUT2D eigenvalue weighted by Gasteiger charge is 2.17. The Morgan fingerprint density at radius 2 is 2.03 bits per heavy atom. The topological polar surface area (TPSA) is 27.6 Å². The number of aliphatic imine (C=N–C) groups is 1. The summed E-state index contributed by atoms with van der Waals surface area (Å²) in [4.78, 5) is 6.70. The van der Waals surface area contributed by atoms with Gasteiger partial charge in [-0.1, -0.05) is 55.0 Å². The van der Waals surface area contributed by atoms with Crippen molar-refractivity contribution in [2.24, 2.45) is 10.9 Å². The first-order chi connectivity index (χ1) is 18.4. The van der Waals surface area contributed by atoms with E-state index in [1.807, 2.05) is 32.9 Å². The number of nitrogens with zero attached hydrogens (tertiary/aromatic N) is 2. The van der Waals surface area contributed by atoms with Gasteiger partial charge < -0.3 is 10.2 Å². The highest BCUT2D eigenvalue weighted by Crippen LogP contribution is 2.27. The summed E-state index contributed by atoms with van der Waals surface area (Å²) in [6.07, 6.45) is 19.5. The van der Waals surface area contributed by atoms with Gasteiger partial charge in [-0.05, 0) is 101 Å². The summed E-state index contributed by atoms with van der Waals surface area (Å²) in [6, 6.07) is 8.56. The Labute approximate surface area is 230 Å². The fraction of sp³-hybridized carbons (Fsp3) is 0.412. The van der Waals surface area contributed by atoms with Crippen LogP contribution in [0.1, 0.15) is 72.3 Å². The van der Waals surface area contributed by atoms with Crippen LogP contribution in [0.2, 0.25) is 0 Å². The Morgan fingerprint density at radius 1 is 1.21 bits per heavy atom. The minimum absolute atomic E-state index is 0.358. The number of nitrogens with one attached hydrogen (secondary N) is 1. The zero-order valence-corrected chi connectivity index (χ0v) is 24.1. The molecule has 4 heteroatoms. The van der Waals surface area contributed by atoms with Crippen molar-refractivity contribution < 1.29 is 4.39 Å². The molecule has 0 bridgehead atoms. The zero-order valence-electron chi connectivity index (χ0n) is 24.1. The molecule has 0 aliphatic carbocycles. The van der Waals surface area contributed by atoms with Gasteiger partial charge in [0.25, 0.3) is 0 Å². The molecule has 1 atom stereocenters. The van der Waals surface area contributed by atoms with E-state index >= 15 is 4.39 Å². The Kier molecular flexibility index (Phi) is 14.0. The first-order valence-corrected chi connectivity index (χ1v) is 14.0. The molecule has 38 heavy (non-hydrogen) atoms. The van der Waals surface area contributed by atoms with E-state index in [-0.39, 0.29) is 5.83 Å². The summed E-state index contributed by atoms with van der Waals surface area (Å²) in [5.41, 5.74) is 8.29. The van der Waals surface area contributed by atoms with Gasteiger partial charge in [0.15, 0.2) is 5.83 Å². The summed E-state index contributed by atoms with van der Waals surface area (Å²) in [5, 5.41) is 3.36. The molecule has 0 spiro atoms. The molecule has 1 aliphatic rings. The predicted molar refractivity (Wildman–Crippen MR) is 164 cm³/mol. The number of aryl methyl sites for hydroxylation is 1. The van der Waals surface area contributed by atoms with Crippen molar-refractivity contribution in [3.8, 4) is 0 Å². The predicted octanol–water partition coefficient (Wildman–Crippen LogP) is 9.15. The van der Waals surface area contributed by atoms with E-state index < -0.39 is 0 Å². The molecule has 1 aromatic carbocycles. The number of hydrogen-bond donors (Lipinski definition) is 1. The fourth-order valence-electron chi connectivity index (χ4n) is 4.55. The van der Waals surface area contributed by atoms with Crippen molar-refractivity contribution in [3.63, 3.8) is 0 Å². The van der Waals surface area contributed by atoms with Crippen LogP contribution in [0.5, 0.6) is 0 Å². The molecular formula is C34H46FN3. The lowest BCUT2D eigenvalue weighted by Gasteiger charge is -2.21. The lowest BCUT2D eigenvalue weighted by atomic mass is 9.95. The Bertz CT molecular complexity index is 1130. The normalized spacial score (nSPS) is 14.8. The molecule has 0 amide bonds. The molecule has 2 rings (SSSR count). The zero-order chi connectivity index (χ0) is 27.8. The highest BCUT2D eigenvalue weighted by atomic mass is 19.1. The monoisotopic (exact) mass is 515 g/mol. The summed E-state index contributed by atoms with van der Waals surface area (Å²) in [7, 11) is 0. The molecule has 0 radical (unpaired) electrons. The minimum atomic E-state index is -0.358. The van der Waals surface area contributed by atoms with Gasteiger partial charge in [-0.25, -0.2) is 4.39 Å². The Morgan fingerprint density at radius 3 is 2.66 bits per heavy atom. The van der Waals surface area contributed by atoms with Crippen LogP contribution in [-0.4, -0.2) is 19.3 Å². The summed E-state index contributed by atoms with van der Waals surface area (Å²) in [6.45, 7) is 15.5. The second kappa shape index (κ2) is 17.2. The van der Waals surface area contributed by atoms with Crippen LogP contribution in [0.3, 0.4) is 0 Å². The molecule has 1 aromatic rings. The van der Waals surface area contributed by atoms with Crippen molar-refractivity contribution in [2.45, 2.75) is 73.1 Å². The average molecular weight is 516 g/mol. The molecule has 204 valence electrons. The maximum Gasteiger partial charge on any atom is 0.180 e. The van der Waals surface area contributed by atoms with Crippen molar-refractivity contribution in [1.29, 1.82) is 0 Å². The van der Waals surface area contributed by atoms with Crippen LogP contribution in [-0.2, 0) is 6.42 Å². The molecule has 1 N–H and O–H groups in total. The molecule has 1 aliphatic heterocycles. The van der Waals surface area contributed by atoms with Gasteiger partial charge in [0, 0.05) is 31.2 Å². The molecule has 1 heterocycles. The van der Waals surface area contributed by atoms with Crippen LogP contribution in [0.15, 0.2) is 107 Å². The number of anilines is 1. The second-order valence-electron chi connectivity index (χ2n) is 9.80. The van der Waals surface area contributed by atoms with E-state index in [0.717, 1.165) is 49.9 Å². The van der Waals surface area contributed by atoms with Crippen molar-refractivity contribution in [1.82, 2.24) is 5.32 Å². The number of rotatable bonds is 15. The molecule has 0 fully saturated rings. The summed E-state index contributed by atoms with van der Waals surface area (Å²) < 4.78 is 16.0. The van der Waals surface area contributed by atoms with Gasteiger partial charge in [0.1, 0.15) is 11.4 Å². The van der Waals surface area contributed by atoms with E-state index in [9.17, 15) is 0 Å². The highest BCUT2D eigenvalue weighted by molar-refractivity contribution is 5.58. The summed E-state index contributed by atoms with van der Waals surface area (Å²) >= 11 is 0. The average Bonchev–Trinajstić information content (AvgIpc) is 2.93. The van der Waals surface area contributed by atoms with Gasteiger partial charge in [-0.2, -0.15) is 0 Å². The van der Waals surface area contributed by atoms with Crippen LogP contribution >= 0.6 is 0 Å².